The lowest BCUT2D eigenvalue weighted by atomic mass is 9.95. The Hall–Kier alpha value is -2.70. The fraction of sp³-hybridized carbons (Fsp3) is 0.316. The zero-order valence-electron chi connectivity index (χ0n) is 14.8. The quantitative estimate of drug-likeness (QED) is 0.762. The standard InChI is InChI=1S/C19H20F3N3O/c1-11(2)5-6-12(3)13(4)16-23-17(25-18(26)24-16)14-7-9-15(10-8-14)19(20,21)22/h5-7,9-10,14H,4,8H2,1-3H3,(H,23,24,25,26)/b12-6-. The summed E-state index contributed by atoms with van der Waals surface area (Å²) < 4.78 is 38.1. The van der Waals surface area contributed by atoms with Crippen LogP contribution in [-0.4, -0.2) is 26.2 Å². The maximum absolute atomic E-state index is 12.7. The van der Waals surface area contributed by atoms with Gasteiger partial charge in [-0.25, -0.2) is 4.98 Å². The monoisotopic (exact) mass is 363 g/mol. The number of halogens is 3. The smallest absolute Gasteiger partial charge is 0.416 e. The second-order valence-corrected chi connectivity index (χ2v) is 6.25. The van der Waals surface area contributed by atoms with Crippen LogP contribution in [0, 0.1) is 0 Å². The normalized spacial score (nSPS) is 17.7. The van der Waals surface area contributed by atoms with Crippen molar-refractivity contribution >= 4 is 5.57 Å². The SMILES string of the molecule is C=C(/C(C)=C\C=C(C)C)c1nc(O)nc(C2C=CC(C(F)(F)F)=CC2)n1. The van der Waals surface area contributed by atoms with Gasteiger partial charge in [-0.1, -0.05) is 42.5 Å². The van der Waals surface area contributed by atoms with Crippen LogP contribution in [0.2, 0.25) is 0 Å². The van der Waals surface area contributed by atoms with Crippen molar-refractivity contribution in [3.63, 3.8) is 0 Å². The van der Waals surface area contributed by atoms with Crippen molar-refractivity contribution in [1.29, 1.82) is 0 Å². The lowest BCUT2D eigenvalue weighted by Gasteiger charge is -2.17. The van der Waals surface area contributed by atoms with E-state index in [2.05, 4.69) is 21.5 Å². The highest BCUT2D eigenvalue weighted by molar-refractivity contribution is 5.73. The van der Waals surface area contributed by atoms with E-state index in [0.29, 0.717) is 5.57 Å². The largest absolute Gasteiger partial charge is 0.479 e. The second-order valence-electron chi connectivity index (χ2n) is 6.25. The molecule has 1 N–H and O–H groups in total. The van der Waals surface area contributed by atoms with Crippen LogP contribution in [0.4, 0.5) is 13.2 Å². The Balaban J connectivity index is 2.28. The van der Waals surface area contributed by atoms with Crippen molar-refractivity contribution in [2.75, 3.05) is 0 Å². The highest BCUT2D eigenvalue weighted by Crippen LogP contribution is 2.33. The molecule has 0 aliphatic heterocycles. The van der Waals surface area contributed by atoms with Crippen molar-refractivity contribution in [3.8, 4) is 6.01 Å². The van der Waals surface area contributed by atoms with Crippen molar-refractivity contribution in [2.45, 2.75) is 39.3 Å². The van der Waals surface area contributed by atoms with Crippen LogP contribution >= 0.6 is 0 Å². The first-order valence-corrected chi connectivity index (χ1v) is 8.00. The van der Waals surface area contributed by atoms with Crippen LogP contribution in [0.3, 0.4) is 0 Å². The first-order valence-electron chi connectivity index (χ1n) is 8.00. The number of nitrogens with zero attached hydrogens (tertiary/aromatic N) is 3. The summed E-state index contributed by atoms with van der Waals surface area (Å²) in [7, 11) is 0. The number of rotatable bonds is 4. The van der Waals surface area contributed by atoms with Gasteiger partial charge in [-0.15, -0.1) is 0 Å². The van der Waals surface area contributed by atoms with Crippen LogP contribution in [0.25, 0.3) is 5.57 Å². The van der Waals surface area contributed by atoms with Crippen LogP contribution in [0.15, 0.2) is 53.7 Å². The lowest BCUT2D eigenvalue weighted by molar-refractivity contribution is -0.0886. The van der Waals surface area contributed by atoms with Crippen LogP contribution in [0.1, 0.15) is 44.8 Å². The molecule has 26 heavy (non-hydrogen) atoms. The summed E-state index contributed by atoms with van der Waals surface area (Å²) in [5, 5.41) is 9.80. The summed E-state index contributed by atoms with van der Waals surface area (Å²) in [6.45, 7) is 9.68. The van der Waals surface area contributed by atoms with E-state index in [-0.39, 0.29) is 18.1 Å². The fourth-order valence-corrected chi connectivity index (χ4v) is 2.27. The van der Waals surface area contributed by atoms with Gasteiger partial charge in [-0.05, 0) is 32.8 Å². The van der Waals surface area contributed by atoms with E-state index < -0.39 is 23.7 Å². The molecule has 2 rings (SSSR count). The average molecular weight is 363 g/mol. The molecule has 1 aromatic rings. The molecule has 0 radical (unpaired) electrons. The van der Waals surface area contributed by atoms with Gasteiger partial charge in [0.05, 0.1) is 5.57 Å². The van der Waals surface area contributed by atoms with Gasteiger partial charge in [0.25, 0.3) is 0 Å². The van der Waals surface area contributed by atoms with Crippen LogP contribution in [-0.2, 0) is 0 Å². The van der Waals surface area contributed by atoms with Crippen molar-refractivity contribution < 1.29 is 18.3 Å². The number of hydrogen-bond acceptors (Lipinski definition) is 4. The van der Waals surface area contributed by atoms with E-state index in [9.17, 15) is 18.3 Å². The molecule has 0 fully saturated rings. The molecule has 0 bridgehead atoms. The van der Waals surface area contributed by atoms with Crippen LogP contribution < -0.4 is 0 Å². The fourth-order valence-electron chi connectivity index (χ4n) is 2.27. The topological polar surface area (TPSA) is 58.9 Å². The van der Waals surface area contributed by atoms with E-state index in [1.807, 2.05) is 32.9 Å². The van der Waals surface area contributed by atoms with Gasteiger partial charge < -0.3 is 5.11 Å². The molecule has 0 aromatic carbocycles. The third-order valence-electron chi connectivity index (χ3n) is 3.81. The maximum Gasteiger partial charge on any atom is 0.416 e. The molecule has 0 saturated carbocycles. The third kappa shape index (κ3) is 4.91. The minimum absolute atomic E-state index is 0.0906. The molecule has 1 atom stereocenters. The predicted octanol–water partition coefficient (Wildman–Crippen LogP) is 5.04. The number of alkyl halides is 3. The molecule has 4 nitrogen and oxygen atoms in total. The zero-order valence-corrected chi connectivity index (χ0v) is 14.8. The van der Waals surface area contributed by atoms with E-state index in [1.54, 1.807) is 0 Å². The first-order chi connectivity index (χ1) is 12.1. The summed E-state index contributed by atoms with van der Waals surface area (Å²) in [5.74, 6) is -0.0663. The Morgan fingerprint density at radius 1 is 1.19 bits per heavy atom. The molecule has 1 aliphatic carbocycles. The summed E-state index contributed by atoms with van der Waals surface area (Å²) in [4.78, 5) is 12.0. The van der Waals surface area contributed by atoms with Gasteiger partial charge in [0.15, 0.2) is 5.82 Å². The van der Waals surface area contributed by atoms with E-state index in [4.69, 9.17) is 0 Å². The molecule has 138 valence electrons. The van der Waals surface area contributed by atoms with E-state index in [0.717, 1.165) is 23.3 Å². The molecular formula is C19H20F3N3O. The Morgan fingerprint density at radius 2 is 1.88 bits per heavy atom. The summed E-state index contributed by atoms with van der Waals surface area (Å²) in [6, 6.07) is -0.486. The first kappa shape index (κ1) is 19.6. The van der Waals surface area contributed by atoms with E-state index >= 15 is 0 Å². The zero-order chi connectivity index (χ0) is 19.5. The van der Waals surface area contributed by atoms with Crippen molar-refractivity contribution in [2.24, 2.45) is 0 Å². The molecule has 1 aromatic heterocycles. The lowest BCUT2D eigenvalue weighted by Crippen LogP contribution is -2.14. The molecule has 0 spiro atoms. The average Bonchev–Trinajstić information content (AvgIpc) is 2.57. The Bertz CT molecular complexity index is 829. The second kappa shape index (κ2) is 7.68. The molecule has 1 unspecified atom stereocenters. The van der Waals surface area contributed by atoms with Gasteiger partial charge in [-0.2, -0.15) is 23.1 Å². The van der Waals surface area contributed by atoms with E-state index in [1.165, 1.54) is 6.08 Å². The van der Waals surface area contributed by atoms with Gasteiger partial charge in [-0.3, -0.25) is 0 Å². The van der Waals surface area contributed by atoms with Crippen LogP contribution in [0.5, 0.6) is 6.01 Å². The Kier molecular flexibility index (Phi) is 5.79. The Morgan fingerprint density at radius 3 is 2.42 bits per heavy atom. The number of allylic oxidation sites excluding steroid dienone is 9. The third-order valence-corrected chi connectivity index (χ3v) is 3.81. The Labute approximate surface area is 150 Å². The van der Waals surface area contributed by atoms with Gasteiger partial charge >= 0.3 is 12.2 Å². The number of hydrogen-bond donors (Lipinski definition) is 1. The minimum Gasteiger partial charge on any atom is -0.479 e. The highest BCUT2D eigenvalue weighted by Gasteiger charge is 2.33. The van der Waals surface area contributed by atoms with Crippen molar-refractivity contribution in [1.82, 2.24) is 15.0 Å². The molecule has 1 aliphatic rings. The molecule has 0 saturated heterocycles. The van der Waals surface area contributed by atoms with Gasteiger partial charge in [0.2, 0.25) is 0 Å². The van der Waals surface area contributed by atoms with Gasteiger partial charge in [0, 0.05) is 11.5 Å². The minimum atomic E-state index is -4.38. The highest BCUT2D eigenvalue weighted by atomic mass is 19.4. The number of aromatic hydroxyl groups is 1. The maximum atomic E-state index is 12.7. The molecule has 0 amide bonds. The molecule has 1 heterocycles. The predicted molar refractivity (Wildman–Crippen MR) is 94.3 cm³/mol. The summed E-state index contributed by atoms with van der Waals surface area (Å²) >= 11 is 0. The molecular weight excluding hydrogens is 343 g/mol. The summed E-state index contributed by atoms with van der Waals surface area (Å²) in [6.07, 6.45) is 2.97. The summed E-state index contributed by atoms with van der Waals surface area (Å²) in [5.41, 5.74) is 1.72. The van der Waals surface area contributed by atoms with Crippen molar-refractivity contribution in [3.05, 3.63) is 65.3 Å². The molecule has 7 heteroatoms. The number of aromatic nitrogens is 3. The van der Waals surface area contributed by atoms with Gasteiger partial charge in [0.1, 0.15) is 5.82 Å².